The van der Waals surface area contributed by atoms with Gasteiger partial charge < -0.3 is 19.8 Å². The van der Waals surface area contributed by atoms with Crippen LogP contribution in [0.2, 0.25) is 0 Å². The Kier molecular flexibility index (Phi) is 13.1. The van der Waals surface area contributed by atoms with Gasteiger partial charge in [-0.25, -0.2) is 0 Å². The molecule has 0 unspecified atom stereocenters. The monoisotopic (exact) mass is 205 g/mol. The third-order valence-electron chi connectivity index (χ3n) is 0.846. The Morgan fingerprint density at radius 2 is 1.64 bits per heavy atom. The van der Waals surface area contributed by atoms with Crippen molar-refractivity contribution in [1.82, 2.24) is 5.32 Å². The lowest BCUT2D eigenvalue weighted by molar-refractivity contribution is 0.109. The van der Waals surface area contributed by atoms with E-state index in [0.717, 1.165) is 26.3 Å². The van der Waals surface area contributed by atoms with Gasteiger partial charge in [-0.2, -0.15) is 0 Å². The zero-order chi connectivity index (χ0) is 7.82. The zero-order valence-corrected chi connectivity index (χ0v) is 7.76. The van der Waals surface area contributed by atoms with Crippen molar-refractivity contribution in [3.63, 3.8) is 0 Å². The van der Waals surface area contributed by atoms with E-state index in [-0.39, 0.29) is 12.4 Å². The maximum absolute atomic E-state index is 8.74. The van der Waals surface area contributed by atoms with E-state index < -0.39 is 8.25 Å². The molecule has 1 aliphatic heterocycles. The molecule has 0 aromatic carbocycles. The highest BCUT2D eigenvalue weighted by atomic mass is 35.5. The Morgan fingerprint density at radius 1 is 1.27 bits per heavy atom. The normalized spacial score (nSPS) is 16.3. The Morgan fingerprint density at radius 3 is 1.73 bits per heavy atom. The van der Waals surface area contributed by atoms with Crippen molar-refractivity contribution >= 4 is 20.7 Å². The SMILES string of the molecule is C1COCCN1.Cl.O=[PH](O)O. The minimum absolute atomic E-state index is 0. The summed E-state index contributed by atoms with van der Waals surface area (Å²) in [4.78, 5) is 14.3. The molecule has 0 saturated carbocycles. The van der Waals surface area contributed by atoms with Crippen LogP contribution in [0.1, 0.15) is 0 Å². The minimum atomic E-state index is -3.13. The summed E-state index contributed by atoms with van der Waals surface area (Å²) in [6.45, 7) is 3.83. The number of hydrogen-bond acceptors (Lipinski definition) is 3. The van der Waals surface area contributed by atoms with Crippen LogP contribution in [-0.2, 0) is 9.30 Å². The topological polar surface area (TPSA) is 78.8 Å². The summed E-state index contributed by atoms with van der Waals surface area (Å²) in [5, 5.41) is 3.16. The van der Waals surface area contributed by atoms with Crippen molar-refractivity contribution in [3.8, 4) is 0 Å². The van der Waals surface area contributed by atoms with Crippen LogP contribution < -0.4 is 5.32 Å². The number of halogens is 1. The second-order valence-corrected chi connectivity index (χ2v) is 2.21. The predicted octanol–water partition coefficient (Wildman–Crippen LogP) is -0.611. The summed E-state index contributed by atoms with van der Waals surface area (Å²) in [5.74, 6) is 0. The quantitative estimate of drug-likeness (QED) is 0.460. The molecule has 11 heavy (non-hydrogen) atoms. The molecule has 0 aromatic heterocycles. The molecule has 1 aliphatic rings. The van der Waals surface area contributed by atoms with E-state index >= 15 is 0 Å². The van der Waals surface area contributed by atoms with Gasteiger partial charge in [0, 0.05) is 13.1 Å². The van der Waals surface area contributed by atoms with Gasteiger partial charge >= 0.3 is 8.25 Å². The second-order valence-electron chi connectivity index (χ2n) is 1.64. The van der Waals surface area contributed by atoms with E-state index in [1.165, 1.54) is 0 Å². The molecule has 1 rings (SSSR count). The van der Waals surface area contributed by atoms with Crippen LogP contribution in [0.4, 0.5) is 0 Å². The Labute approximate surface area is 72.1 Å². The van der Waals surface area contributed by atoms with Crippen molar-refractivity contribution in [1.29, 1.82) is 0 Å². The first-order valence-corrected chi connectivity index (χ1v) is 4.24. The van der Waals surface area contributed by atoms with Gasteiger partial charge in [0.05, 0.1) is 13.2 Å². The average molecular weight is 206 g/mol. The number of ether oxygens (including phenoxy) is 1. The molecule has 70 valence electrons. The molecule has 0 radical (unpaired) electrons. The lowest BCUT2D eigenvalue weighted by Crippen LogP contribution is -2.30. The smallest absolute Gasteiger partial charge is 0.314 e. The number of nitrogens with one attached hydrogen (secondary N) is 1. The molecule has 0 amide bonds. The van der Waals surface area contributed by atoms with Crippen LogP contribution >= 0.6 is 20.7 Å². The van der Waals surface area contributed by atoms with E-state index in [0.29, 0.717) is 0 Å². The standard InChI is InChI=1S/C4H9NO.ClH.H3O3P/c1-3-6-4-2-5-1;;1-4(2)3/h5H,1-4H2;1H;4H,(H2,1,2,3). The predicted molar refractivity (Wildman–Crippen MR) is 44.4 cm³/mol. The third kappa shape index (κ3) is 17.9. The highest BCUT2D eigenvalue weighted by Gasteiger charge is 1.92. The molecule has 0 spiro atoms. The summed E-state index contributed by atoms with van der Waals surface area (Å²) in [5.41, 5.74) is 0. The van der Waals surface area contributed by atoms with Crippen molar-refractivity contribution in [2.45, 2.75) is 0 Å². The molecule has 0 aliphatic carbocycles. The van der Waals surface area contributed by atoms with E-state index in [2.05, 4.69) is 5.32 Å². The second kappa shape index (κ2) is 10.4. The highest BCUT2D eigenvalue weighted by molar-refractivity contribution is 7.30. The highest BCUT2D eigenvalue weighted by Crippen LogP contribution is 1.98. The van der Waals surface area contributed by atoms with E-state index in [4.69, 9.17) is 19.1 Å². The van der Waals surface area contributed by atoms with E-state index in [1.54, 1.807) is 0 Å². The van der Waals surface area contributed by atoms with Crippen LogP contribution in [0, 0.1) is 0 Å². The first-order chi connectivity index (χ1) is 4.73. The first kappa shape index (κ1) is 13.9. The fraction of sp³-hybridized carbons (Fsp3) is 1.00. The van der Waals surface area contributed by atoms with Crippen molar-refractivity contribution < 1.29 is 19.1 Å². The summed E-state index contributed by atoms with van der Waals surface area (Å²) < 4.78 is 13.7. The van der Waals surface area contributed by atoms with Crippen LogP contribution in [-0.4, -0.2) is 36.1 Å². The molecule has 1 fully saturated rings. The van der Waals surface area contributed by atoms with Gasteiger partial charge in [-0.05, 0) is 0 Å². The van der Waals surface area contributed by atoms with Gasteiger partial charge in [-0.3, -0.25) is 4.57 Å². The zero-order valence-electron chi connectivity index (χ0n) is 5.95. The minimum Gasteiger partial charge on any atom is -0.379 e. The number of hydrogen-bond donors (Lipinski definition) is 3. The van der Waals surface area contributed by atoms with Crippen molar-refractivity contribution in [3.05, 3.63) is 0 Å². The van der Waals surface area contributed by atoms with Crippen LogP contribution in [0.3, 0.4) is 0 Å². The number of morpholine rings is 1. The van der Waals surface area contributed by atoms with Gasteiger partial charge in [0.15, 0.2) is 0 Å². The summed E-state index contributed by atoms with van der Waals surface area (Å²) in [6.07, 6.45) is 0. The Hall–Kier alpha value is 0.360. The summed E-state index contributed by atoms with van der Waals surface area (Å²) >= 11 is 0. The van der Waals surface area contributed by atoms with Gasteiger partial charge in [0.1, 0.15) is 0 Å². The summed E-state index contributed by atoms with van der Waals surface area (Å²) in [7, 11) is -3.13. The largest absolute Gasteiger partial charge is 0.379 e. The lowest BCUT2D eigenvalue weighted by Gasteiger charge is -2.10. The maximum atomic E-state index is 8.74. The van der Waals surface area contributed by atoms with E-state index in [1.807, 2.05) is 0 Å². The fourth-order valence-corrected chi connectivity index (χ4v) is 0.516. The first-order valence-electron chi connectivity index (χ1n) is 2.94. The van der Waals surface area contributed by atoms with Gasteiger partial charge in [0.25, 0.3) is 0 Å². The molecule has 0 aromatic rings. The molecule has 1 saturated heterocycles. The van der Waals surface area contributed by atoms with Gasteiger partial charge in [0.2, 0.25) is 0 Å². The molecule has 3 N–H and O–H groups in total. The van der Waals surface area contributed by atoms with Crippen molar-refractivity contribution in [2.75, 3.05) is 26.3 Å². The Balaban J connectivity index is 0. The number of rotatable bonds is 0. The van der Waals surface area contributed by atoms with Gasteiger partial charge in [-0.15, -0.1) is 12.4 Å². The van der Waals surface area contributed by atoms with Gasteiger partial charge in [-0.1, -0.05) is 0 Å². The maximum Gasteiger partial charge on any atom is 0.314 e. The Bertz CT molecular complexity index is 84.6. The molecule has 7 heteroatoms. The summed E-state index contributed by atoms with van der Waals surface area (Å²) in [6, 6.07) is 0. The molecular formula is C4H13ClNO4P. The molecule has 5 nitrogen and oxygen atoms in total. The van der Waals surface area contributed by atoms with Crippen LogP contribution in [0.15, 0.2) is 0 Å². The average Bonchev–Trinajstić information content (AvgIpc) is 1.90. The van der Waals surface area contributed by atoms with Crippen LogP contribution in [0.5, 0.6) is 0 Å². The van der Waals surface area contributed by atoms with Crippen molar-refractivity contribution in [2.24, 2.45) is 0 Å². The molecule has 0 atom stereocenters. The fourth-order valence-electron chi connectivity index (χ4n) is 0.516. The lowest BCUT2D eigenvalue weighted by atomic mass is 10.5. The molecule has 1 heterocycles. The van der Waals surface area contributed by atoms with E-state index in [9.17, 15) is 0 Å². The molecular weight excluding hydrogens is 192 g/mol. The third-order valence-corrected chi connectivity index (χ3v) is 0.846. The molecule has 0 bridgehead atoms. The van der Waals surface area contributed by atoms with Crippen LogP contribution in [0.25, 0.3) is 0 Å².